The Hall–Kier alpha value is -2.59. The van der Waals surface area contributed by atoms with Gasteiger partial charge in [-0.1, -0.05) is 12.1 Å². The monoisotopic (exact) mass is 403 g/mol. The Bertz CT molecular complexity index is 926. The highest BCUT2D eigenvalue weighted by Crippen LogP contribution is 2.29. The summed E-state index contributed by atoms with van der Waals surface area (Å²) >= 11 is 6.57. The highest BCUT2D eigenvalue weighted by molar-refractivity contribution is 7.09. The number of rotatable bonds is 5. The van der Waals surface area contributed by atoms with Crippen LogP contribution in [0.4, 0.5) is 18.3 Å². The van der Waals surface area contributed by atoms with Crippen LogP contribution in [0, 0.1) is 0 Å². The van der Waals surface area contributed by atoms with E-state index in [2.05, 4.69) is 19.4 Å². The number of carbonyl (C=O) groups is 1. The van der Waals surface area contributed by atoms with Gasteiger partial charge < -0.3 is 9.15 Å². The smallest absolute Gasteiger partial charge is 0.464 e. The van der Waals surface area contributed by atoms with Crippen LogP contribution in [0.1, 0.15) is 16.2 Å². The molecule has 0 atom stereocenters. The van der Waals surface area contributed by atoms with Crippen LogP contribution < -0.4 is 10.1 Å². The first-order valence-corrected chi connectivity index (χ1v) is 8.29. The number of benzene rings is 1. The van der Waals surface area contributed by atoms with Gasteiger partial charge in [-0.05, 0) is 18.2 Å². The minimum atomic E-state index is -4.80. The lowest BCUT2D eigenvalue weighted by Gasteiger charge is -2.09. The van der Waals surface area contributed by atoms with Crippen LogP contribution in [0.2, 0.25) is 0 Å². The molecular weight excluding hydrogens is 395 g/mol. The second-order valence-corrected chi connectivity index (χ2v) is 5.90. The predicted octanol–water partition coefficient (Wildman–Crippen LogP) is 4.69. The number of amides is 1. The maximum absolute atomic E-state index is 12.3. The van der Waals surface area contributed by atoms with Gasteiger partial charge in [0, 0.05) is 17.1 Å². The van der Waals surface area contributed by atoms with Crippen molar-refractivity contribution < 1.29 is 27.1 Å². The van der Waals surface area contributed by atoms with E-state index in [0.29, 0.717) is 11.4 Å². The maximum Gasteiger partial charge on any atom is 0.573 e. The number of nitrogens with one attached hydrogen (secondary N) is 1. The molecular formula is C15H9ClF3N3O3S. The minimum absolute atomic E-state index is 0.124. The minimum Gasteiger partial charge on any atom is -0.464 e. The lowest BCUT2D eigenvalue weighted by atomic mass is 10.1. The molecule has 136 valence electrons. The highest BCUT2D eigenvalue weighted by Gasteiger charge is 2.31. The summed E-state index contributed by atoms with van der Waals surface area (Å²) in [4.78, 5) is 16.2. The molecule has 0 aliphatic rings. The molecule has 6 nitrogen and oxygen atoms in total. The molecule has 1 N–H and O–H groups in total. The maximum atomic E-state index is 12.3. The van der Waals surface area contributed by atoms with E-state index in [1.807, 2.05) is 0 Å². The molecule has 0 radical (unpaired) electrons. The average molecular weight is 404 g/mol. The van der Waals surface area contributed by atoms with Crippen LogP contribution in [0.3, 0.4) is 0 Å². The molecule has 0 unspecified atom stereocenters. The number of alkyl halides is 4. The Morgan fingerprint density at radius 2 is 2.15 bits per heavy atom. The lowest BCUT2D eigenvalue weighted by molar-refractivity contribution is -0.274. The number of anilines is 1. The second kappa shape index (κ2) is 7.34. The fourth-order valence-corrected chi connectivity index (χ4v) is 2.75. The van der Waals surface area contributed by atoms with Crippen molar-refractivity contribution in [3.8, 4) is 17.1 Å². The van der Waals surface area contributed by atoms with E-state index in [-0.39, 0.29) is 28.1 Å². The zero-order valence-electron chi connectivity index (χ0n) is 12.7. The molecule has 0 saturated carbocycles. The number of hydrogen-bond donors (Lipinski definition) is 1. The van der Waals surface area contributed by atoms with E-state index in [9.17, 15) is 18.0 Å². The second-order valence-electron chi connectivity index (χ2n) is 4.88. The summed E-state index contributed by atoms with van der Waals surface area (Å²) in [7, 11) is 0. The first-order valence-electron chi connectivity index (χ1n) is 6.98. The van der Waals surface area contributed by atoms with Crippen molar-refractivity contribution in [2.24, 2.45) is 0 Å². The zero-order valence-corrected chi connectivity index (χ0v) is 14.3. The number of carbonyl (C=O) groups excluding carboxylic acids is 1. The standard InChI is InChI=1S/C15H9ClF3N3O3S/c16-6-12-20-14(26-22-12)21-13(23)9-5-11(24-7-9)8-2-1-3-10(4-8)25-15(17,18)19/h1-5,7H,6H2,(H,20,21,22,23). The van der Waals surface area contributed by atoms with Crippen molar-refractivity contribution in [3.63, 3.8) is 0 Å². The van der Waals surface area contributed by atoms with Crippen LogP contribution in [0.25, 0.3) is 11.3 Å². The van der Waals surface area contributed by atoms with Crippen molar-refractivity contribution in [1.82, 2.24) is 9.36 Å². The molecule has 1 aromatic carbocycles. The lowest BCUT2D eigenvalue weighted by Crippen LogP contribution is -2.17. The van der Waals surface area contributed by atoms with Gasteiger partial charge in [0.2, 0.25) is 5.13 Å². The molecule has 1 amide bonds. The summed E-state index contributed by atoms with van der Waals surface area (Å²) in [6.07, 6.45) is -3.61. The molecule has 11 heteroatoms. The van der Waals surface area contributed by atoms with Gasteiger partial charge in [0.25, 0.3) is 5.91 Å². The van der Waals surface area contributed by atoms with E-state index < -0.39 is 12.3 Å². The number of halogens is 4. The molecule has 0 saturated heterocycles. The van der Waals surface area contributed by atoms with Gasteiger partial charge in [-0.15, -0.1) is 24.8 Å². The third-order valence-electron chi connectivity index (χ3n) is 3.02. The summed E-state index contributed by atoms with van der Waals surface area (Å²) in [5, 5.41) is 2.81. The molecule has 26 heavy (non-hydrogen) atoms. The predicted molar refractivity (Wildman–Crippen MR) is 88.2 cm³/mol. The third kappa shape index (κ3) is 4.52. The Morgan fingerprint density at radius 3 is 2.85 bits per heavy atom. The Balaban J connectivity index is 1.75. The molecule has 3 rings (SSSR count). The Kier molecular flexibility index (Phi) is 5.14. The fraction of sp³-hybridized carbons (Fsp3) is 0.133. The molecule has 2 heterocycles. The summed E-state index contributed by atoms with van der Waals surface area (Å²) in [5.74, 6) is -0.166. The topological polar surface area (TPSA) is 77.3 Å². The van der Waals surface area contributed by atoms with Crippen molar-refractivity contribution in [2.45, 2.75) is 12.2 Å². The van der Waals surface area contributed by atoms with Gasteiger partial charge >= 0.3 is 6.36 Å². The van der Waals surface area contributed by atoms with Crippen LogP contribution in [0.5, 0.6) is 5.75 Å². The third-order valence-corrected chi connectivity index (χ3v) is 3.93. The van der Waals surface area contributed by atoms with E-state index in [0.717, 1.165) is 23.7 Å². The first kappa shape index (κ1) is 18.2. The summed E-state index contributed by atoms with van der Waals surface area (Å²) in [6.45, 7) is 0. The zero-order chi connectivity index (χ0) is 18.7. The molecule has 0 aliphatic heterocycles. The normalized spacial score (nSPS) is 11.4. The molecule has 0 bridgehead atoms. The largest absolute Gasteiger partial charge is 0.573 e. The molecule has 0 spiro atoms. The molecule has 0 fully saturated rings. The van der Waals surface area contributed by atoms with E-state index >= 15 is 0 Å². The van der Waals surface area contributed by atoms with Gasteiger partial charge in [-0.3, -0.25) is 10.1 Å². The highest BCUT2D eigenvalue weighted by atomic mass is 35.5. The fourth-order valence-electron chi connectivity index (χ4n) is 1.98. The van der Waals surface area contributed by atoms with E-state index in [4.69, 9.17) is 16.0 Å². The van der Waals surface area contributed by atoms with Crippen molar-refractivity contribution in [3.05, 3.63) is 48.0 Å². The summed E-state index contributed by atoms with van der Waals surface area (Å²) in [6, 6.07) is 6.63. The van der Waals surface area contributed by atoms with Crippen molar-refractivity contribution in [1.29, 1.82) is 0 Å². The van der Waals surface area contributed by atoms with Crippen molar-refractivity contribution in [2.75, 3.05) is 5.32 Å². The number of aromatic nitrogens is 2. The Morgan fingerprint density at radius 1 is 1.35 bits per heavy atom. The number of ether oxygens (including phenoxy) is 1. The van der Waals surface area contributed by atoms with Crippen LogP contribution in [0.15, 0.2) is 41.0 Å². The molecule has 0 aliphatic carbocycles. The van der Waals surface area contributed by atoms with Gasteiger partial charge in [0.1, 0.15) is 17.8 Å². The number of nitrogens with zero attached hydrogens (tertiary/aromatic N) is 2. The number of hydrogen-bond acceptors (Lipinski definition) is 6. The first-order chi connectivity index (χ1) is 12.3. The Labute approximate surface area is 153 Å². The average Bonchev–Trinajstić information content (AvgIpc) is 3.22. The summed E-state index contributed by atoms with van der Waals surface area (Å²) in [5.41, 5.74) is 0.496. The molecule has 3 aromatic rings. The number of furan rings is 1. The van der Waals surface area contributed by atoms with Crippen LogP contribution in [-0.4, -0.2) is 21.6 Å². The van der Waals surface area contributed by atoms with Crippen LogP contribution in [-0.2, 0) is 5.88 Å². The SMILES string of the molecule is O=C(Nc1nc(CCl)ns1)c1coc(-c2cccc(OC(F)(F)F)c2)c1. The molecule has 2 aromatic heterocycles. The quantitative estimate of drug-likeness (QED) is 0.625. The van der Waals surface area contributed by atoms with E-state index in [1.165, 1.54) is 24.5 Å². The van der Waals surface area contributed by atoms with E-state index in [1.54, 1.807) is 0 Å². The van der Waals surface area contributed by atoms with Gasteiger partial charge in [0.15, 0.2) is 5.82 Å². The van der Waals surface area contributed by atoms with Gasteiger partial charge in [-0.2, -0.15) is 4.37 Å². The van der Waals surface area contributed by atoms with Gasteiger partial charge in [-0.25, -0.2) is 4.98 Å². The van der Waals surface area contributed by atoms with Crippen LogP contribution >= 0.6 is 23.1 Å². The van der Waals surface area contributed by atoms with Crippen molar-refractivity contribution >= 4 is 34.2 Å². The summed E-state index contributed by atoms with van der Waals surface area (Å²) < 4.78 is 50.0. The van der Waals surface area contributed by atoms with Gasteiger partial charge in [0.05, 0.1) is 11.4 Å².